The average Bonchev–Trinajstić information content (AvgIpc) is 2.89. The van der Waals surface area contributed by atoms with Gasteiger partial charge in [0.15, 0.2) is 0 Å². The lowest BCUT2D eigenvalue weighted by Crippen LogP contribution is -2.41. The Hall–Kier alpha value is -1.46. The summed E-state index contributed by atoms with van der Waals surface area (Å²) >= 11 is 0. The molecule has 2 fully saturated rings. The van der Waals surface area contributed by atoms with E-state index in [1.807, 2.05) is 0 Å². The highest BCUT2D eigenvalue weighted by atomic mass is 16.5. The molecule has 3 rings (SSSR count). The van der Waals surface area contributed by atoms with Crippen LogP contribution in [0, 0.1) is 11.8 Å². The molecule has 3 atom stereocenters. The number of hydrogen-bond acceptors (Lipinski definition) is 4. The smallest absolute Gasteiger partial charge is 0.252 e. The molecule has 0 aromatic carbocycles. The molecule has 1 amide bonds. The number of ether oxygens (including phenoxy) is 1. The molecule has 0 spiro atoms. The molecule has 1 aromatic heterocycles. The molecule has 0 aliphatic carbocycles. The van der Waals surface area contributed by atoms with Crippen LogP contribution in [-0.4, -0.2) is 43.2 Å². The first kappa shape index (κ1) is 12.6. The van der Waals surface area contributed by atoms with E-state index in [2.05, 4.69) is 15.6 Å². The zero-order chi connectivity index (χ0) is 13.1. The maximum atomic E-state index is 11.9. The molecule has 1 aromatic rings. The summed E-state index contributed by atoms with van der Waals surface area (Å²) in [5, 5.41) is 6.34. The number of piperidine rings is 1. The third kappa shape index (κ3) is 2.77. The third-order valence-corrected chi connectivity index (χ3v) is 4.06. The monoisotopic (exact) mass is 261 g/mol. The molecule has 5 nitrogen and oxygen atoms in total. The quantitative estimate of drug-likeness (QED) is 0.828. The molecule has 0 saturated carbocycles. The van der Waals surface area contributed by atoms with Crippen LogP contribution < -0.4 is 10.6 Å². The molecule has 0 unspecified atom stereocenters. The van der Waals surface area contributed by atoms with Gasteiger partial charge < -0.3 is 15.4 Å². The Balaban J connectivity index is 1.54. The van der Waals surface area contributed by atoms with Crippen LogP contribution in [0.5, 0.6) is 0 Å². The lowest BCUT2D eigenvalue weighted by Gasteiger charge is -2.27. The topological polar surface area (TPSA) is 63.2 Å². The molecule has 2 N–H and O–H groups in total. The van der Waals surface area contributed by atoms with Crippen molar-refractivity contribution in [2.75, 3.05) is 26.2 Å². The van der Waals surface area contributed by atoms with Crippen LogP contribution in [0.25, 0.3) is 0 Å². The molecule has 2 saturated heterocycles. The van der Waals surface area contributed by atoms with Gasteiger partial charge in [0.2, 0.25) is 0 Å². The van der Waals surface area contributed by atoms with Gasteiger partial charge in [-0.2, -0.15) is 0 Å². The summed E-state index contributed by atoms with van der Waals surface area (Å²) in [6.07, 6.45) is 4.54. The fourth-order valence-corrected chi connectivity index (χ4v) is 2.99. The largest absolute Gasteiger partial charge is 0.376 e. The number of pyridine rings is 1. The minimum atomic E-state index is -0.0749. The standard InChI is InChI=1S/C14H19N3O2/c18-14(10-2-1-4-15-6-10)17-8-13-12-3-5-16-7-11(12)9-19-13/h1-2,4,6,11-13,16H,3,5,7-9H2,(H,17,18)/t11-,12-,13+/m0/s1. The molecule has 2 aliphatic heterocycles. The van der Waals surface area contributed by atoms with Crippen LogP contribution in [0.4, 0.5) is 0 Å². The summed E-state index contributed by atoms with van der Waals surface area (Å²) in [4.78, 5) is 15.9. The van der Waals surface area contributed by atoms with Gasteiger partial charge in [0, 0.05) is 31.4 Å². The first-order valence-corrected chi connectivity index (χ1v) is 6.85. The van der Waals surface area contributed by atoms with Crippen molar-refractivity contribution < 1.29 is 9.53 Å². The minimum absolute atomic E-state index is 0.0749. The zero-order valence-electron chi connectivity index (χ0n) is 10.8. The lowest BCUT2D eigenvalue weighted by atomic mass is 9.85. The maximum Gasteiger partial charge on any atom is 0.252 e. The number of carbonyl (C=O) groups excluding carboxylic acids is 1. The summed E-state index contributed by atoms with van der Waals surface area (Å²) in [6.45, 7) is 3.50. The fourth-order valence-electron chi connectivity index (χ4n) is 2.99. The highest BCUT2D eigenvalue weighted by molar-refractivity contribution is 5.93. The molecular formula is C14H19N3O2. The fraction of sp³-hybridized carbons (Fsp3) is 0.571. The average molecular weight is 261 g/mol. The van der Waals surface area contributed by atoms with Gasteiger partial charge in [0.05, 0.1) is 18.3 Å². The van der Waals surface area contributed by atoms with Crippen molar-refractivity contribution in [1.82, 2.24) is 15.6 Å². The van der Waals surface area contributed by atoms with Crippen molar-refractivity contribution in [2.45, 2.75) is 12.5 Å². The Morgan fingerprint density at radius 3 is 3.37 bits per heavy atom. The van der Waals surface area contributed by atoms with Crippen LogP contribution in [0.1, 0.15) is 16.8 Å². The van der Waals surface area contributed by atoms with Crippen molar-refractivity contribution in [1.29, 1.82) is 0 Å². The molecule has 19 heavy (non-hydrogen) atoms. The van der Waals surface area contributed by atoms with Crippen molar-refractivity contribution in [3.8, 4) is 0 Å². The number of aromatic nitrogens is 1. The molecule has 2 aliphatic rings. The van der Waals surface area contributed by atoms with Crippen LogP contribution in [0.15, 0.2) is 24.5 Å². The van der Waals surface area contributed by atoms with Gasteiger partial charge in [-0.25, -0.2) is 0 Å². The number of hydrogen-bond donors (Lipinski definition) is 2. The first-order valence-electron chi connectivity index (χ1n) is 6.85. The van der Waals surface area contributed by atoms with Crippen molar-refractivity contribution in [3.05, 3.63) is 30.1 Å². The normalized spacial score (nSPS) is 29.8. The van der Waals surface area contributed by atoms with Crippen LogP contribution in [0.3, 0.4) is 0 Å². The molecule has 0 bridgehead atoms. The van der Waals surface area contributed by atoms with E-state index in [-0.39, 0.29) is 12.0 Å². The predicted octanol–water partition coefficient (Wildman–Crippen LogP) is 0.436. The Morgan fingerprint density at radius 2 is 2.53 bits per heavy atom. The van der Waals surface area contributed by atoms with Crippen LogP contribution in [0.2, 0.25) is 0 Å². The Morgan fingerprint density at radius 1 is 1.58 bits per heavy atom. The third-order valence-electron chi connectivity index (χ3n) is 4.06. The Kier molecular flexibility index (Phi) is 3.75. The van der Waals surface area contributed by atoms with Gasteiger partial charge in [-0.05, 0) is 31.0 Å². The van der Waals surface area contributed by atoms with Crippen molar-refractivity contribution >= 4 is 5.91 Å². The molecule has 5 heteroatoms. The van der Waals surface area contributed by atoms with E-state index in [1.165, 1.54) is 0 Å². The highest BCUT2D eigenvalue weighted by Crippen LogP contribution is 2.31. The second-order valence-corrected chi connectivity index (χ2v) is 5.24. The SMILES string of the molecule is O=C(NC[C@H]1OC[C@@H]2CNCC[C@@H]21)c1cccnc1. The maximum absolute atomic E-state index is 11.9. The molecule has 0 radical (unpaired) electrons. The van der Waals surface area contributed by atoms with E-state index in [9.17, 15) is 4.79 Å². The van der Waals surface area contributed by atoms with E-state index in [4.69, 9.17) is 4.74 Å². The second-order valence-electron chi connectivity index (χ2n) is 5.24. The number of nitrogens with zero attached hydrogens (tertiary/aromatic N) is 1. The minimum Gasteiger partial charge on any atom is -0.376 e. The summed E-state index contributed by atoms with van der Waals surface area (Å²) in [7, 11) is 0. The number of carbonyl (C=O) groups is 1. The highest BCUT2D eigenvalue weighted by Gasteiger charge is 2.38. The number of fused-ring (bicyclic) bond motifs is 1. The van der Waals surface area contributed by atoms with Gasteiger partial charge in [-0.3, -0.25) is 9.78 Å². The van der Waals surface area contributed by atoms with E-state index < -0.39 is 0 Å². The Labute approximate surface area is 112 Å². The molecular weight excluding hydrogens is 242 g/mol. The first-order chi connectivity index (χ1) is 9.34. The second kappa shape index (κ2) is 5.67. The van der Waals surface area contributed by atoms with Gasteiger partial charge >= 0.3 is 0 Å². The van der Waals surface area contributed by atoms with Crippen LogP contribution >= 0.6 is 0 Å². The summed E-state index contributed by atoms with van der Waals surface area (Å²) in [5.41, 5.74) is 0.599. The van der Waals surface area contributed by atoms with Gasteiger partial charge in [0.1, 0.15) is 0 Å². The van der Waals surface area contributed by atoms with Gasteiger partial charge in [0.25, 0.3) is 5.91 Å². The van der Waals surface area contributed by atoms with E-state index in [0.717, 1.165) is 26.1 Å². The number of rotatable bonds is 3. The summed E-state index contributed by atoms with van der Waals surface area (Å²) in [5.74, 6) is 1.11. The molecule has 3 heterocycles. The lowest BCUT2D eigenvalue weighted by molar-refractivity contribution is 0.0767. The Bertz CT molecular complexity index is 438. The zero-order valence-corrected chi connectivity index (χ0v) is 10.8. The van der Waals surface area contributed by atoms with Crippen LogP contribution in [-0.2, 0) is 4.74 Å². The van der Waals surface area contributed by atoms with Gasteiger partial charge in [-0.1, -0.05) is 0 Å². The van der Waals surface area contributed by atoms with Crippen molar-refractivity contribution in [2.24, 2.45) is 11.8 Å². The molecule has 102 valence electrons. The van der Waals surface area contributed by atoms with E-state index >= 15 is 0 Å². The summed E-state index contributed by atoms with van der Waals surface area (Å²) in [6, 6.07) is 3.54. The van der Waals surface area contributed by atoms with E-state index in [1.54, 1.807) is 24.5 Å². The van der Waals surface area contributed by atoms with Gasteiger partial charge in [-0.15, -0.1) is 0 Å². The van der Waals surface area contributed by atoms with E-state index in [0.29, 0.717) is 23.9 Å². The number of nitrogens with one attached hydrogen (secondary N) is 2. The number of amides is 1. The summed E-state index contributed by atoms with van der Waals surface area (Å²) < 4.78 is 5.82. The van der Waals surface area contributed by atoms with Crippen molar-refractivity contribution in [3.63, 3.8) is 0 Å². The predicted molar refractivity (Wildman–Crippen MR) is 70.8 cm³/mol.